The van der Waals surface area contributed by atoms with Crippen LogP contribution in [0.25, 0.3) is 22.3 Å². The first-order chi connectivity index (χ1) is 18.2. The third kappa shape index (κ3) is 5.22. The van der Waals surface area contributed by atoms with Crippen molar-refractivity contribution in [3.05, 3.63) is 76.6 Å². The maximum Gasteiger partial charge on any atom is 0.416 e. The molecule has 0 aliphatic rings. The standard InChI is InChI=1S/C24H19F3N6O4S/c25-24(26,27)18(34)10-30-23(36)19-14-6-7-29-15(14)4-5-16(19)37-13-3-1-2-12(8-13)21-31-22(33-32-21)20(35)17-9-28-11-38-17/h1-9,11,18,20,29,34-35H,10H2,(H,30,36)(H,31,32,33). The van der Waals surface area contributed by atoms with Gasteiger partial charge in [0.25, 0.3) is 5.91 Å². The van der Waals surface area contributed by atoms with E-state index in [0.29, 0.717) is 32.9 Å². The third-order valence-corrected chi connectivity index (χ3v) is 6.40. The van der Waals surface area contributed by atoms with Crippen molar-refractivity contribution < 1.29 is 32.9 Å². The molecule has 2 aromatic carbocycles. The molecule has 2 atom stereocenters. The van der Waals surface area contributed by atoms with E-state index >= 15 is 0 Å². The van der Waals surface area contributed by atoms with Crippen molar-refractivity contribution in [1.29, 1.82) is 0 Å². The number of H-pyrrole nitrogens is 2. The second-order valence-electron chi connectivity index (χ2n) is 8.14. The number of halogens is 3. The van der Waals surface area contributed by atoms with Crippen LogP contribution in [0, 0.1) is 0 Å². The number of aliphatic hydroxyl groups is 2. The molecule has 0 radical (unpaired) electrons. The molecular weight excluding hydrogens is 525 g/mol. The summed E-state index contributed by atoms with van der Waals surface area (Å²) < 4.78 is 44.1. The zero-order chi connectivity index (χ0) is 26.9. The van der Waals surface area contributed by atoms with Gasteiger partial charge in [-0.2, -0.15) is 13.2 Å². The Morgan fingerprint density at radius 2 is 2.00 bits per heavy atom. The summed E-state index contributed by atoms with van der Waals surface area (Å²) in [6, 6.07) is 11.4. The number of hydrogen-bond donors (Lipinski definition) is 5. The van der Waals surface area contributed by atoms with Crippen LogP contribution in [0.2, 0.25) is 0 Å². The van der Waals surface area contributed by atoms with Gasteiger partial charge in [0.1, 0.15) is 17.6 Å². The van der Waals surface area contributed by atoms with E-state index in [1.807, 2.05) is 0 Å². The first-order valence-electron chi connectivity index (χ1n) is 11.1. The van der Waals surface area contributed by atoms with E-state index in [1.165, 1.54) is 23.6 Å². The van der Waals surface area contributed by atoms with Gasteiger partial charge in [-0.1, -0.05) is 12.1 Å². The van der Waals surface area contributed by atoms with Crippen LogP contribution < -0.4 is 10.1 Å². The number of carbonyl (C=O) groups is 1. The van der Waals surface area contributed by atoms with E-state index in [-0.39, 0.29) is 17.1 Å². The maximum atomic E-state index is 12.9. The fourth-order valence-electron chi connectivity index (χ4n) is 3.68. The van der Waals surface area contributed by atoms with Gasteiger partial charge >= 0.3 is 6.18 Å². The lowest BCUT2D eigenvalue weighted by Gasteiger charge is -2.17. The summed E-state index contributed by atoms with van der Waals surface area (Å²) in [5.41, 5.74) is 2.73. The minimum absolute atomic E-state index is 0.00170. The zero-order valence-corrected chi connectivity index (χ0v) is 20.0. The number of nitrogens with zero attached hydrogens (tertiary/aromatic N) is 3. The van der Waals surface area contributed by atoms with Gasteiger partial charge in [-0.15, -0.1) is 21.5 Å². The normalized spacial score (nSPS) is 13.4. The number of aliphatic hydroxyl groups excluding tert-OH is 2. The lowest BCUT2D eigenvalue weighted by molar-refractivity contribution is -0.201. The second kappa shape index (κ2) is 10.2. The molecule has 10 nitrogen and oxygen atoms in total. The van der Waals surface area contributed by atoms with Gasteiger partial charge in [0, 0.05) is 28.9 Å². The quantitative estimate of drug-likeness (QED) is 0.199. The lowest BCUT2D eigenvalue weighted by atomic mass is 10.1. The average Bonchev–Trinajstić information content (AvgIpc) is 3.67. The molecule has 0 saturated heterocycles. The molecule has 5 rings (SSSR count). The van der Waals surface area contributed by atoms with Crippen LogP contribution in [-0.2, 0) is 0 Å². The third-order valence-electron chi connectivity index (χ3n) is 5.58. The Morgan fingerprint density at radius 1 is 1.16 bits per heavy atom. The molecule has 38 heavy (non-hydrogen) atoms. The van der Waals surface area contributed by atoms with Gasteiger partial charge in [-0.05, 0) is 30.3 Å². The van der Waals surface area contributed by atoms with E-state index in [1.54, 1.807) is 48.1 Å². The predicted molar refractivity (Wildman–Crippen MR) is 131 cm³/mol. The molecule has 0 aliphatic heterocycles. The van der Waals surface area contributed by atoms with Crippen molar-refractivity contribution in [2.75, 3.05) is 6.54 Å². The van der Waals surface area contributed by atoms with Crippen molar-refractivity contribution >= 4 is 28.1 Å². The summed E-state index contributed by atoms with van der Waals surface area (Å²) in [4.78, 5) is 23.4. The number of ether oxygens (including phenoxy) is 1. The van der Waals surface area contributed by atoms with E-state index in [2.05, 4.69) is 30.5 Å². The Bertz CT molecular complexity index is 1570. The Kier molecular flexibility index (Phi) is 6.84. The van der Waals surface area contributed by atoms with Crippen molar-refractivity contribution in [2.45, 2.75) is 18.4 Å². The van der Waals surface area contributed by atoms with Gasteiger partial charge < -0.3 is 30.2 Å². The molecule has 0 saturated carbocycles. The van der Waals surface area contributed by atoms with Crippen LogP contribution in [0.5, 0.6) is 11.5 Å². The highest BCUT2D eigenvalue weighted by molar-refractivity contribution is 7.09. The van der Waals surface area contributed by atoms with Gasteiger partial charge in [-0.25, -0.2) is 0 Å². The Hall–Kier alpha value is -4.27. The summed E-state index contributed by atoms with van der Waals surface area (Å²) >= 11 is 1.27. The van der Waals surface area contributed by atoms with Crippen molar-refractivity contribution in [3.63, 3.8) is 0 Å². The maximum absolute atomic E-state index is 12.9. The summed E-state index contributed by atoms with van der Waals surface area (Å²) in [6.45, 7) is -1.01. The van der Waals surface area contributed by atoms with Crippen LogP contribution in [0.3, 0.4) is 0 Å². The fraction of sp³-hybridized carbons (Fsp3) is 0.167. The molecule has 14 heteroatoms. The van der Waals surface area contributed by atoms with Crippen LogP contribution in [-0.4, -0.2) is 60.1 Å². The number of aromatic amines is 2. The molecular formula is C24H19F3N6O4S. The smallest absolute Gasteiger partial charge is 0.416 e. The molecule has 0 bridgehead atoms. The predicted octanol–water partition coefficient (Wildman–Crippen LogP) is 3.94. The Morgan fingerprint density at radius 3 is 2.76 bits per heavy atom. The first-order valence-corrected chi connectivity index (χ1v) is 12.0. The summed E-state index contributed by atoms with van der Waals surface area (Å²) in [6.07, 6.45) is -5.49. The SMILES string of the molecule is O=C(NCC(O)C(F)(F)F)c1c(Oc2cccc(-c3nnc(C(O)c4cncs4)[nH]3)c2)ccc2[nH]ccc12. The number of alkyl halides is 3. The van der Waals surface area contributed by atoms with E-state index in [4.69, 9.17) is 4.74 Å². The highest BCUT2D eigenvalue weighted by Crippen LogP contribution is 2.33. The number of aromatic nitrogens is 5. The highest BCUT2D eigenvalue weighted by atomic mass is 32.1. The van der Waals surface area contributed by atoms with Crippen LogP contribution >= 0.6 is 11.3 Å². The largest absolute Gasteiger partial charge is 0.456 e. The van der Waals surface area contributed by atoms with Crippen LogP contribution in [0.1, 0.15) is 27.2 Å². The topological polar surface area (TPSA) is 149 Å². The summed E-state index contributed by atoms with van der Waals surface area (Å²) in [5, 5.41) is 30.4. The first kappa shape index (κ1) is 25.4. The molecule has 3 aromatic heterocycles. The molecule has 0 aliphatic carbocycles. The Labute approximate surface area is 216 Å². The number of carbonyl (C=O) groups excluding carboxylic acids is 1. The van der Waals surface area contributed by atoms with E-state index in [9.17, 15) is 28.2 Å². The fourth-order valence-corrected chi connectivity index (χ4v) is 4.29. The number of amides is 1. The van der Waals surface area contributed by atoms with Gasteiger partial charge in [0.15, 0.2) is 17.8 Å². The summed E-state index contributed by atoms with van der Waals surface area (Å²) in [5.74, 6) is 0.138. The molecule has 5 N–H and O–H groups in total. The van der Waals surface area contributed by atoms with Crippen LogP contribution in [0.4, 0.5) is 13.2 Å². The number of rotatable bonds is 8. The second-order valence-corrected chi connectivity index (χ2v) is 9.06. The number of fused-ring (bicyclic) bond motifs is 1. The molecule has 2 unspecified atom stereocenters. The number of nitrogens with one attached hydrogen (secondary N) is 3. The van der Waals surface area contributed by atoms with E-state index in [0.717, 1.165) is 0 Å². The van der Waals surface area contributed by atoms with Crippen molar-refractivity contribution in [1.82, 2.24) is 30.5 Å². The number of hydrogen-bond acceptors (Lipinski definition) is 8. The van der Waals surface area contributed by atoms with Gasteiger partial charge in [0.2, 0.25) is 0 Å². The molecule has 1 amide bonds. The zero-order valence-electron chi connectivity index (χ0n) is 19.2. The summed E-state index contributed by atoms with van der Waals surface area (Å²) in [7, 11) is 0. The van der Waals surface area contributed by atoms with Crippen molar-refractivity contribution in [3.8, 4) is 22.9 Å². The van der Waals surface area contributed by atoms with Crippen LogP contribution in [0.15, 0.2) is 60.4 Å². The highest BCUT2D eigenvalue weighted by Gasteiger charge is 2.38. The van der Waals surface area contributed by atoms with Crippen molar-refractivity contribution in [2.24, 2.45) is 0 Å². The molecule has 0 fully saturated rings. The van der Waals surface area contributed by atoms with Gasteiger partial charge in [-0.3, -0.25) is 9.78 Å². The number of thiazole rings is 1. The minimum Gasteiger partial charge on any atom is -0.456 e. The Balaban J connectivity index is 1.40. The minimum atomic E-state index is -4.87. The molecule has 3 heterocycles. The average molecular weight is 545 g/mol. The van der Waals surface area contributed by atoms with E-state index < -0.39 is 30.8 Å². The molecule has 196 valence electrons. The lowest BCUT2D eigenvalue weighted by Crippen LogP contribution is -2.40. The molecule has 5 aromatic rings. The monoisotopic (exact) mass is 544 g/mol. The molecule has 0 spiro atoms. The number of benzene rings is 2. The van der Waals surface area contributed by atoms with Gasteiger partial charge in [0.05, 0.1) is 22.5 Å².